The molecule has 5 nitrogen and oxygen atoms in total. The largest absolute Gasteiger partial charge is 2.00 e. The van der Waals surface area contributed by atoms with E-state index < -0.39 is 11.9 Å². The Bertz CT molecular complexity index is 470. The molecule has 0 bridgehead atoms. The van der Waals surface area contributed by atoms with E-state index in [1.54, 1.807) is 13.8 Å². The second-order valence-electron chi connectivity index (χ2n) is 4.50. The number of carboxylic acids is 2. The van der Waals surface area contributed by atoms with E-state index in [1.165, 1.54) is 5.56 Å². The summed E-state index contributed by atoms with van der Waals surface area (Å²) >= 11 is 0. The van der Waals surface area contributed by atoms with Gasteiger partial charge in [0.05, 0.1) is 0 Å². The van der Waals surface area contributed by atoms with Crippen LogP contribution in [0.3, 0.4) is 0 Å². The summed E-state index contributed by atoms with van der Waals surface area (Å²) in [6.07, 6.45) is 5.80. The molecular weight excluding hydrogens is 350 g/mol. The molecule has 0 aromatic heterocycles. The van der Waals surface area contributed by atoms with E-state index in [-0.39, 0.29) is 32.3 Å². The molecule has 122 valence electrons. The molecule has 0 unspecified atom stereocenters. The molecule has 2 rings (SSSR count). The van der Waals surface area contributed by atoms with E-state index in [0.717, 1.165) is 5.75 Å². The Morgan fingerprint density at radius 2 is 1.57 bits per heavy atom. The summed E-state index contributed by atoms with van der Waals surface area (Å²) in [7, 11) is 0. The Labute approximate surface area is 150 Å². The maximum Gasteiger partial charge on any atom is 2.00 e. The molecule has 0 aliphatic carbocycles. The van der Waals surface area contributed by atoms with Gasteiger partial charge in [0.1, 0.15) is 12.4 Å². The molecule has 1 aliphatic rings. The van der Waals surface area contributed by atoms with E-state index in [1.807, 2.05) is 30.3 Å². The predicted molar refractivity (Wildman–Crippen MR) is 80.8 cm³/mol. The Balaban J connectivity index is 0. The van der Waals surface area contributed by atoms with Gasteiger partial charge in [-0.3, -0.25) is 0 Å². The summed E-state index contributed by atoms with van der Waals surface area (Å²) < 4.78 is 5.34. The van der Waals surface area contributed by atoms with Crippen LogP contribution in [0, 0.1) is 0 Å². The number of para-hydroxylation sites is 1. The molecule has 1 aromatic carbocycles. The molecule has 0 amide bonds. The topological polar surface area (TPSA) is 89.5 Å². The number of hydrogen-bond acceptors (Lipinski definition) is 5. The fourth-order valence-electron chi connectivity index (χ4n) is 1.47. The summed E-state index contributed by atoms with van der Waals surface area (Å²) in [5, 5.41) is 19.0. The van der Waals surface area contributed by atoms with E-state index in [9.17, 15) is 19.8 Å². The van der Waals surface area contributed by atoms with Gasteiger partial charge in [-0.25, -0.2) is 0 Å². The maximum atomic E-state index is 9.49. The first-order valence-electron chi connectivity index (χ1n) is 7.29. The molecule has 6 heteroatoms. The molecule has 0 radical (unpaired) electrons. The number of hydrogen-bond donors (Lipinski definition) is 0. The first kappa shape index (κ1) is 23.6. The zero-order chi connectivity index (χ0) is 16.8. The Morgan fingerprint density at radius 3 is 1.96 bits per heavy atom. The average Bonchev–Trinajstić information content (AvgIpc) is 2.48. The van der Waals surface area contributed by atoms with Gasteiger partial charge in [0.15, 0.2) is 0 Å². The van der Waals surface area contributed by atoms with E-state index in [2.05, 4.69) is 6.08 Å². The minimum atomic E-state index is -0.961. The number of fused-ring (bicyclic) bond motifs is 1. The van der Waals surface area contributed by atoms with Crippen molar-refractivity contribution in [3.8, 4) is 5.75 Å². The third-order valence-corrected chi connectivity index (χ3v) is 2.46. The number of carbonyl (C=O) groups is 2. The van der Waals surface area contributed by atoms with Crippen LogP contribution >= 0.6 is 0 Å². The Morgan fingerprint density at radius 1 is 1.04 bits per heavy atom. The zero-order valence-corrected chi connectivity index (χ0v) is 16.7. The number of benzene rings is 1. The van der Waals surface area contributed by atoms with Gasteiger partial charge in [0.2, 0.25) is 0 Å². The minimum Gasteiger partial charge on any atom is -0.550 e. The molecule has 0 fully saturated rings. The third kappa shape index (κ3) is 13.7. The predicted octanol–water partition coefficient (Wildman–Crippen LogP) is 1.16. The van der Waals surface area contributed by atoms with Crippen molar-refractivity contribution in [3.63, 3.8) is 0 Å². The Hall–Kier alpha value is -1.68. The smallest absolute Gasteiger partial charge is 0.550 e. The van der Waals surface area contributed by atoms with Crippen LogP contribution in [0.25, 0.3) is 6.08 Å². The first-order chi connectivity index (χ1) is 10.5. The van der Waals surface area contributed by atoms with Crippen LogP contribution in [-0.4, -0.2) is 18.5 Å². The second kappa shape index (κ2) is 15.2. The van der Waals surface area contributed by atoms with Crippen LogP contribution in [0.2, 0.25) is 0 Å². The van der Waals surface area contributed by atoms with E-state index >= 15 is 0 Å². The van der Waals surface area contributed by atoms with Crippen LogP contribution in [0.5, 0.6) is 5.75 Å². The summed E-state index contributed by atoms with van der Waals surface area (Å²) in [4.78, 5) is 19.0. The van der Waals surface area contributed by atoms with Gasteiger partial charge in [0.25, 0.3) is 0 Å². The van der Waals surface area contributed by atoms with Gasteiger partial charge >= 0.3 is 19.5 Å². The summed E-state index contributed by atoms with van der Waals surface area (Å²) in [5.74, 6) is -0.931. The van der Waals surface area contributed by atoms with Gasteiger partial charge in [-0.2, -0.15) is 0 Å². The molecular formula is C17H22O5Zn. The van der Waals surface area contributed by atoms with Crippen molar-refractivity contribution < 1.29 is 44.0 Å². The summed E-state index contributed by atoms with van der Waals surface area (Å²) in [6.45, 7) is 4.31. The van der Waals surface area contributed by atoms with Gasteiger partial charge in [0, 0.05) is 17.5 Å². The number of carbonyl (C=O) groups excluding carboxylic acids is 2. The number of rotatable bonds is 4. The average molecular weight is 372 g/mol. The number of aliphatic carboxylic acids is 2. The molecule has 1 heterocycles. The van der Waals surface area contributed by atoms with Gasteiger partial charge in [-0.1, -0.05) is 51.0 Å². The Kier molecular flexibility index (Phi) is 15.6. The molecule has 0 N–H and O–H groups in total. The molecule has 0 spiro atoms. The van der Waals surface area contributed by atoms with Crippen molar-refractivity contribution in [2.45, 2.75) is 39.5 Å². The first-order valence-corrected chi connectivity index (χ1v) is 7.29. The molecule has 23 heavy (non-hydrogen) atoms. The van der Waals surface area contributed by atoms with Crippen molar-refractivity contribution in [3.05, 3.63) is 35.9 Å². The molecule has 0 saturated carbocycles. The monoisotopic (exact) mass is 370 g/mol. The normalized spacial score (nSPS) is 10.3. The van der Waals surface area contributed by atoms with Crippen LogP contribution in [0.1, 0.15) is 45.1 Å². The van der Waals surface area contributed by atoms with Gasteiger partial charge < -0.3 is 24.5 Å². The second-order valence-corrected chi connectivity index (χ2v) is 4.50. The zero-order valence-electron chi connectivity index (χ0n) is 13.7. The van der Waals surface area contributed by atoms with Crippen molar-refractivity contribution >= 4 is 18.0 Å². The summed E-state index contributed by atoms with van der Waals surface area (Å²) in [5.41, 5.74) is 1.17. The third-order valence-electron chi connectivity index (χ3n) is 2.46. The SMILES string of the molecule is C1=Cc2ccccc2OC1.CCCC(=O)[O-].CCCC(=O)[O-].[Zn+2]. The number of ether oxygens (including phenoxy) is 1. The molecule has 0 atom stereocenters. The van der Waals surface area contributed by atoms with Crippen LogP contribution in [0.15, 0.2) is 30.3 Å². The standard InChI is InChI=1S/C9H8O.2C4H8O2.Zn/c1-2-6-9-8(4-1)5-3-7-10-9;2*1-2-3-4(5)6;/h1-6H,7H2;2*2-3H2,1H3,(H,5,6);/q;;;+2/p-2. The molecule has 1 aromatic rings. The van der Waals surface area contributed by atoms with Crippen LogP contribution in [0.4, 0.5) is 0 Å². The van der Waals surface area contributed by atoms with Gasteiger partial charge in [-0.15, -0.1) is 0 Å². The van der Waals surface area contributed by atoms with E-state index in [0.29, 0.717) is 19.4 Å². The maximum absolute atomic E-state index is 9.49. The fourth-order valence-corrected chi connectivity index (χ4v) is 1.47. The van der Waals surface area contributed by atoms with Crippen molar-refractivity contribution in [2.24, 2.45) is 0 Å². The molecule has 1 aliphatic heterocycles. The van der Waals surface area contributed by atoms with Crippen molar-refractivity contribution in [2.75, 3.05) is 6.61 Å². The van der Waals surface area contributed by atoms with Crippen LogP contribution < -0.4 is 14.9 Å². The van der Waals surface area contributed by atoms with Crippen LogP contribution in [-0.2, 0) is 29.1 Å². The summed E-state index contributed by atoms with van der Waals surface area (Å²) in [6, 6.07) is 8.03. The van der Waals surface area contributed by atoms with Crippen molar-refractivity contribution in [1.29, 1.82) is 0 Å². The minimum absolute atomic E-state index is 0. The number of carboxylic acid groups (broad SMARTS) is 2. The molecule has 0 saturated heterocycles. The van der Waals surface area contributed by atoms with Crippen molar-refractivity contribution in [1.82, 2.24) is 0 Å². The fraction of sp³-hybridized carbons (Fsp3) is 0.412. The quantitative estimate of drug-likeness (QED) is 0.741. The van der Waals surface area contributed by atoms with Gasteiger partial charge in [-0.05, 0) is 25.0 Å². The van der Waals surface area contributed by atoms with E-state index in [4.69, 9.17) is 4.74 Å².